The maximum absolute atomic E-state index is 13.9. The lowest BCUT2D eigenvalue weighted by Crippen LogP contribution is -2.10. The van der Waals surface area contributed by atoms with Gasteiger partial charge in [-0.05, 0) is 24.5 Å². The quantitative estimate of drug-likeness (QED) is 0.719. The first-order chi connectivity index (χ1) is 9.58. The van der Waals surface area contributed by atoms with E-state index in [4.69, 9.17) is 11.6 Å². The van der Waals surface area contributed by atoms with Crippen LogP contribution in [0, 0.1) is 5.82 Å². The fourth-order valence-electron chi connectivity index (χ4n) is 2.33. The second kappa shape index (κ2) is 6.72. The van der Waals surface area contributed by atoms with Crippen LogP contribution >= 0.6 is 27.5 Å². The standard InChI is InChI=1S/C15H17BrClFN2/c1-3-13-15(17)14(20(2)19-13)8-10(9-16)11-6-4-5-7-12(11)18/h4-7,10H,3,8-9H2,1-2H3. The van der Waals surface area contributed by atoms with E-state index in [1.54, 1.807) is 10.7 Å². The SMILES string of the molecule is CCc1nn(C)c(CC(CBr)c2ccccc2F)c1Cl. The highest BCUT2D eigenvalue weighted by Crippen LogP contribution is 2.29. The summed E-state index contributed by atoms with van der Waals surface area (Å²) in [5, 5.41) is 5.79. The number of alkyl halides is 1. The minimum atomic E-state index is -0.175. The van der Waals surface area contributed by atoms with Crippen LogP contribution in [0.2, 0.25) is 5.02 Å². The fourth-order valence-corrected chi connectivity index (χ4v) is 3.28. The number of nitrogens with zero attached hydrogens (tertiary/aromatic N) is 2. The Hall–Kier alpha value is -0.870. The van der Waals surface area contributed by atoms with Gasteiger partial charge in [-0.25, -0.2) is 4.39 Å². The van der Waals surface area contributed by atoms with Gasteiger partial charge in [-0.2, -0.15) is 5.10 Å². The van der Waals surface area contributed by atoms with E-state index in [2.05, 4.69) is 21.0 Å². The topological polar surface area (TPSA) is 17.8 Å². The first-order valence-corrected chi connectivity index (χ1v) is 8.09. The van der Waals surface area contributed by atoms with Crippen molar-refractivity contribution in [3.05, 3.63) is 52.1 Å². The summed E-state index contributed by atoms with van der Waals surface area (Å²) < 4.78 is 15.7. The van der Waals surface area contributed by atoms with E-state index in [-0.39, 0.29) is 11.7 Å². The normalized spacial score (nSPS) is 12.7. The molecule has 2 aromatic rings. The van der Waals surface area contributed by atoms with E-state index in [0.29, 0.717) is 22.3 Å². The summed E-state index contributed by atoms with van der Waals surface area (Å²) in [5.74, 6) is -0.139. The summed E-state index contributed by atoms with van der Waals surface area (Å²) in [4.78, 5) is 0. The van der Waals surface area contributed by atoms with Crippen molar-refractivity contribution in [3.8, 4) is 0 Å². The van der Waals surface area contributed by atoms with E-state index in [0.717, 1.165) is 17.8 Å². The van der Waals surface area contributed by atoms with Crippen molar-refractivity contribution in [1.29, 1.82) is 0 Å². The Balaban J connectivity index is 2.32. The Morgan fingerprint density at radius 3 is 2.65 bits per heavy atom. The Labute approximate surface area is 132 Å². The molecule has 20 heavy (non-hydrogen) atoms. The predicted molar refractivity (Wildman–Crippen MR) is 84.2 cm³/mol. The van der Waals surface area contributed by atoms with Crippen LogP contribution in [0.3, 0.4) is 0 Å². The van der Waals surface area contributed by atoms with Gasteiger partial charge in [0.25, 0.3) is 0 Å². The monoisotopic (exact) mass is 358 g/mol. The van der Waals surface area contributed by atoms with Crippen molar-refractivity contribution in [1.82, 2.24) is 9.78 Å². The molecule has 1 aromatic carbocycles. The number of aromatic nitrogens is 2. The van der Waals surface area contributed by atoms with E-state index < -0.39 is 0 Å². The molecular formula is C15H17BrClFN2. The second-order valence-corrected chi connectivity index (χ2v) is 5.79. The van der Waals surface area contributed by atoms with Crippen LogP contribution < -0.4 is 0 Å². The van der Waals surface area contributed by atoms with Crippen molar-refractivity contribution < 1.29 is 4.39 Å². The number of hydrogen-bond donors (Lipinski definition) is 0. The Morgan fingerprint density at radius 2 is 2.10 bits per heavy atom. The van der Waals surface area contributed by atoms with Crippen LogP contribution in [0.15, 0.2) is 24.3 Å². The molecule has 1 heterocycles. The minimum absolute atomic E-state index is 0.0359. The van der Waals surface area contributed by atoms with Crippen molar-refractivity contribution in [3.63, 3.8) is 0 Å². The van der Waals surface area contributed by atoms with E-state index in [1.807, 2.05) is 26.1 Å². The minimum Gasteiger partial charge on any atom is -0.271 e. The molecule has 0 radical (unpaired) electrons. The summed E-state index contributed by atoms with van der Waals surface area (Å²) in [6.07, 6.45) is 1.46. The average Bonchev–Trinajstić information content (AvgIpc) is 2.72. The Bertz CT molecular complexity index is 598. The van der Waals surface area contributed by atoms with Gasteiger partial charge in [0, 0.05) is 18.3 Å². The van der Waals surface area contributed by atoms with Crippen LogP contribution in [-0.4, -0.2) is 15.1 Å². The third kappa shape index (κ3) is 3.07. The molecule has 0 saturated heterocycles. The van der Waals surface area contributed by atoms with Crippen molar-refractivity contribution in [2.24, 2.45) is 7.05 Å². The van der Waals surface area contributed by atoms with E-state index in [9.17, 15) is 4.39 Å². The maximum Gasteiger partial charge on any atom is 0.126 e. The van der Waals surface area contributed by atoms with Gasteiger partial charge < -0.3 is 0 Å². The van der Waals surface area contributed by atoms with Crippen molar-refractivity contribution in [2.75, 3.05) is 5.33 Å². The van der Waals surface area contributed by atoms with Crippen LogP contribution in [0.1, 0.15) is 29.8 Å². The lowest BCUT2D eigenvalue weighted by molar-refractivity contribution is 0.581. The highest BCUT2D eigenvalue weighted by Gasteiger charge is 2.20. The highest BCUT2D eigenvalue weighted by atomic mass is 79.9. The van der Waals surface area contributed by atoms with Crippen LogP contribution in [0.25, 0.3) is 0 Å². The van der Waals surface area contributed by atoms with Crippen molar-refractivity contribution >= 4 is 27.5 Å². The van der Waals surface area contributed by atoms with Gasteiger partial charge in [-0.3, -0.25) is 4.68 Å². The molecule has 1 atom stereocenters. The molecule has 1 aromatic heterocycles. The Kier molecular flexibility index (Phi) is 5.22. The molecule has 5 heteroatoms. The molecule has 0 aliphatic rings. The number of rotatable bonds is 5. The van der Waals surface area contributed by atoms with Crippen LogP contribution in [0.4, 0.5) is 4.39 Å². The number of aryl methyl sites for hydroxylation is 2. The molecule has 0 N–H and O–H groups in total. The smallest absolute Gasteiger partial charge is 0.126 e. The van der Waals surface area contributed by atoms with Crippen LogP contribution in [-0.2, 0) is 19.9 Å². The number of halogens is 3. The summed E-state index contributed by atoms with van der Waals surface area (Å²) in [7, 11) is 1.88. The molecule has 0 spiro atoms. The molecule has 0 aliphatic carbocycles. The van der Waals surface area contributed by atoms with Gasteiger partial charge in [-0.15, -0.1) is 0 Å². The zero-order valence-electron chi connectivity index (χ0n) is 11.5. The third-order valence-corrected chi connectivity index (χ3v) is 4.69. The largest absolute Gasteiger partial charge is 0.271 e. The van der Waals surface area contributed by atoms with Crippen LogP contribution in [0.5, 0.6) is 0 Å². The zero-order valence-corrected chi connectivity index (χ0v) is 13.9. The molecule has 1 unspecified atom stereocenters. The first-order valence-electron chi connectivity index (χ1n) is 6.59. The third-order valence-electron chi connectivity index (χ3n) is 3.47. The molecule has 0 aliphatic heterocycles. The Morgan fingerprint density at radius 1 is 1.40 bits per heavy atom. The number of benzene rings is 1. The van der Waals surface area contributed by atoms with Gasteiger partial charge in [0.2, 0.25) is 0 Å². The van der Waals surface area contributed by atoms with Gasteiger partial charge >= 0.3 is 0 Å². The maximum atomic E-state index is 13.9. The molecule has 0 bridgehead atoms. The summed E-state index contributed by atoms with van der Waals surface area (Å²) in [6, 6.07) is 6.88. The fraction of sp³-hybridized carbons (Fsp3) is 0.400. The van der Waals surface area contributed by atoms with Gasteiger partial charge in [0.1, 0.15) is 5.82 Å². The van der Waals surface area contributed by atoms with E-state index in [1.165, 1.54) is 6.07 Å². The average molecular weight is 360 g/mol. The predicted octanol–water partition coefficient (Wildman–Crippen LogP) is 4.50. The van der Waals surface area contributed by atoms with Gasteiger partial charge in [0.05, 0.1) is 16.4 Å². The highest BCUT2D eigenvalue weighted by molar-refractivity contribution is 9.09. The van der Waals surface area contributed by atoms with Gasteiger partial charge in [0.15, 0.2) is 0 Å². The summed E-state index contributed by atoms with van der Waals surface area (Å²) in [6.45, 7) is 2.02. The van der Waals surface area contributed by atoms with E-state index >= 15 is 0 Å². The molecule has 2 nitrogen and oxygen atoms in total. The van der Waals surface area contributed by atoms with Crippen molar-refractivity contribution in [2.45, 2.75) is 25.7 Å². The summed E-state index contributed by atoms with van der Waals surface area (Å²) in [5.41, 5.74) is 2.56. The van der Waals surface area contributed by atoms with Gasteiger partial charge in [-0.1, -0.05) is 52.7 Å². The second-order valence-electron chi connectivity index (χ2n) is 4.76. The molecule has 0 amide bonds. The molecule has 108 valence electrons. The first kappa shape index (κ1) is 15.5. The molecule has 0 saturated carbocycles. The summed E-state index contributed by atoms with van der Waals surface area (Å²) >= 11 is 9.84. The number of hydrogen-bond acceptors (Lipinski definition) is 1. The molecule has 0 fully saturated rings. The lowest BCUT2D eigenvalue weighted by atomic mass is 9.95. The molecule has 2 rings (SSSR count). The molecular weight excluding hydrogens is 343 g/mol. The lowest BCUT2D eigenvalue weighted by Gasteiger charge is -2.15. The zero-order chi connectivity index (χ0) is 14.7.